The summed E-state index contributed by atoms with van der Waals surface area (Å²) in [4.78, 5) is 14.6. The van der Waals surface area contributed by atoms with E-state index < -0.39 is 5.97 Å². The summed E-state index contributed by atoms with van der Waals surface area (Å²) in [5, 5.41) is 9.09. The van der Waals surface area contributed by atoms with Gasteiger partial charge in [0.1, 0.15) is 5.82 Å². The first-order chi connectivity index (χ1) is 7.09. The Morgan fingerprint density at radius 2 is 2.40 bits per heavy atom. The molecule has 0 unspecified atom stereocenters. The van der Waals surface area contributed by atoms with Gasteiger partial charge in [0.05, 0.1) is 17.1 Å². The van der Waals surface area contributed by atoms with Crippen molar-refractivity contribution >= 4 is 29.0 Å². The summed E-state index contributed by atoms with van der Waals surface area (Å²) in [5.41, 5.74) is 6.54. The minimum absolute atomic E-state index is 0.205. The Labute approximate surface area is 90.1 Å². The predicted octanol–water partition coefficient (Wildman–Crippen LogP) is 1.20. The number of carbonyl (C=O) groups is 1. The molecule has 5 nitrogen and oxygen atoms in total. The second-order valence-corrected chi connectivity index (χ2v) is 3.47. The fraction of sp³-hybridized carbons (Fsp3) is 0.111. The topological polar surface area (TPSA) is 80.6 Å². The van der Waals surface area contributed by atoms with Crippen LogP contribution in [-0.2, 0) is 11.2 Å². The number of hydrogen-bond acceptors (Lipinski definition) is 3. The maximum Gasteiger partial charge on any atom is 0.309 e. The summed E-state index contributed by atoms with van der Waals surface area (Å²) in [6.45, 7) is 0. The van der Waals surface area contributed by atoms with E-state index in [9.17, 15) is 4.79 Å². The molecule has 0 aliphatic carbocycles. The van der Waals surface area contributed by atoms with Gasteiger partial charge in [0, 0.05) is 6.20 Å². The highest BCUT2D eigenvalue weighted by Gasteiger charge is 2.13. The molecule has 2 aromatic heterocycles. The molecule has 15 heavy (non-hydrogen) atoms. The Morgan fingerprint density at radius 1 is 1.67 bits per heavy atom. The summed E-state index contributed by atoms with van der Waals surface area (Å²) in [6.07, 6.45) is 1.48. The van der Waals surface area contributed by atoms with E-state index in [0.29, 0.717) is 22.2 Å². The normalized spacial score (nSPS) is 10.7. The third-order valence-corrected chi connectivity index (χ3v) is 2.33. The largest absolute Gasteiger partial charge is 0.481 e. The smallest absolute Gasteiger partial charge is 0.309 e. The number of nitrogen functional groups attached to an aromatic ring is 1. The monoisotopic (exact) mass is 225 g/mol. The Morgan fingerprint density at radius 3 is 3.00 bits per heavy atom. The number of aliphatic carboxylic acids is 1. The maximum absolute atomic E-state index is 10.5. The van der Waals surface area contributed by atoms with Gasteiger partial charge >= 0.3 is 5.97 Å². The van der Waals surface area contributed by atoms with Crippen molar-refractivity contribution in [2.45, 2.75) is 6.42 Å². The zero-order chi connectivity index (χ0) is 11.0. The zero-order valence-corrected chi connectivity index (χ0v) is 8.40. The number of fused-ring (bicyclic) bond motifs is 1. The summed E-state index contributed by atoms with van der Waals surface area (Å²) >= 11 is 5.89. The van der Waals surface area contributed by atoms with Crippen LogP contribution in [0, 0.1) is 0 Å². The molecule has 2 rings (SSSR count). The summed E-state index contributed by atoms with van der Waals surface area (Å²) in [5.74, 6) is -0.656. The minimum atomic E-state index is -0.971. The van der Waals surface area contributed by atoms with Crippen LogP contribution in [0.25, 0.3) is 5.65 Å². The van der Waals surface area contributed by atoms with E-state index in [1.165, 1.54) is 0 Å². The van der Waals surface area contributed by atoms with Crippen LogP contribution in [0.15, 0.2) is 18.3 Å². The molecular weight excluding hydrogens is 218 g/mol. The molecule has 0 aliphatic heterocycles. The number of aromatic nitrogens is 2. The van der Waals surface area contributed by atoms with Gasteiger partial charge in [-0.15, -0.1) is 0 Å². The van der Waals surface area contributed by atoms with E-state index in [2.05, 4.69) is 4.98 Å². The SMILES string of the molecule is Nc1c(CC(=O)O)nc2c(Cl)cccn12. The first-order valence-electron chi connectivity index (χ1n) is 4.22. The second kappa shape index (κ2) is 3.43. The molecule has 0 amide bonds. The molecule has 0 spiro atoms. The van der Waals surface area contributed by atoms with E-state index in [-0.39, 0.29) is 6.42 Å². The van der Waals surface area contributed by atoms with Gasteiger partial charge in [-0.3, -0.25) is 9.20 Å². The summed E-state index contributed by atoms with van der Waals surface area (Å²) in [6, 6.07) is 3.39. The van der Waals surface area contributed by atoms with Gasteiger partial charge in [0.25, 0.3) is 0 Å². The highest BCUT2D eigenvalue weighted by atomic mass is 35.5. The highest BCUT2D eigenvalue weighted by Crippen LogP contribution is 2.21. The number of anilines is 1. The van der Waals surface area contributed by atoms with Gasteiger partial charge in [-0.05, 0) is 12.1 Å². The van der Waals surface area contributed by atoms with Crippen LogP contribution in [0.4, 0.5) is 5.82 Å². The average molecular weight is 226 g/mol. The summed E-state index contributed by atoms with van der Waals surface area (Å²) in [7, 11) is 0. The average Bonchev–Trinajstić information content (AvgIpc) is 2.46. The van der Waals surface area contributed by atoms with Gasteiger partial charge in [0.2, 0.25) is 0 Å². The van der Waals surface area contributed by atoms with Gasteiger partial charge in [-0.2, -0.15) is 0 Å². The van der Waals surface area contributed by atoms with Crippen LogP contribution in [0.2, 0.25) is 5.02 Å². The van der Waals surface area contributed by atoms with Crippen molar-refractivity contribution in [1.82, 2.24) is 9.38 Å². The molecule has 0 atom stereocenters. The van der Waals surface area contributed by atoms with Crippen molar-refractivity contribution in [1.29, 1.82) is 0 Å². The lowest BCUT2D eigenvalue weighted by molar-refractivity contribution is -0.136. The number of imidazole rings is 1. The van der Waals surface area contributed by atoms with E-state index >= 15 is 0 Å². The minimum Gasteiger partial charge on any atom is -0.481 e. The summed E-state index contributed by atoms with van der Waals surface area (Å²) < 4.78 is 1.57. The Hall–Kier alpha value is -1.75. The van der Waals surface area contributed by atoms with Gasteiger partial charge in [-0.25, -0.2) is 4.98 Å². The molecule has 0 aliphatic rings. The third-order valence-electron chi connectivity index (χ3n) is 2.03. The van der Waals surface area contributed by atoms with Crippen molar-refractivity contribution in [2.75, 3.05) is 5.73 Å². The number of halogens is 1. The maximum atomic E-state index is 10.5. The van der Waals surface area contributed by atoms with Crippen molar-refractivity contribution in [3.8, 4) is 0 Å². The molecule has 6 heteroatoms. The first kappa shape index (κ1) is 9.79. The molecule has 0 fully saturated rings. The van der Waals surface area contributed by atoms with Crippen molar-refractivity contribution < 1.29 is 9.90 Å². The zero-order valence-electron chi connectivity index (χ0n) is 7.64. The molecule has 2 aromatic rings. The lowest BCUT2D eigenvalue weighted by Crippen LogP contribution is -2.03. The lowest BCUT2D eigenvalue weighted by atomic mass is 10.3. The van der Waals surface area contributed by atoms with Gasteiger partial charge in [-0.1, -0.05) is 11.6 Å². The van der Waals surface area contributed by atoms with Gasteiger partial charge < -0.3 is 10.8 Å². The molecule has 0 radical (unpaired) electrons. The molecule has 3 N–H and O–H groups in total. The van der Waals surface area contributed by atoms with Crippen LogP contribution in [0.5, 0.6) is 0 Å². The molecule has 0 saturated carbocycles. The van der Waals surface area contributed by atoms with Crippen LogP contribution < -0.4 is 5.73 Å². The van der Waals surface area contributed by atoms with E-state index in [0.717, 1.165) is 0 Å². The molecule has 0 bridgehead atoms. The molecule has 0 aromatic carbocycles. The number of nitrogens with two attached hydrogens (primary N) is 1. The molecule has 78 valence electrons. The van der Waals surface area contributed by atoms with Gasteiger partial charge in [0.15, 0.2) is 5.65 Å². The van der Waals surface area contributed by atoms with Crippen molar-refractivity contribution in [2.24, 2.45) is 0 Å². The van der Waals surface area contributed by atoms with Crippen LogP contribution in [0.1, 0.15) is 5.69 Å². The predicted molar refractivity (Wildman–Crippen MR) is 56.0 cm³/mol. The fourth-order valence-corrected chi connectivity index (χ4v) is 1.58. The quantitative estimate of drug-likeness (QED) is 0.805. The number of carboxylic acids is 1. The number of nitrogens with zero attached hydrogens (tertiary/aromatic N) is 2. The molecule has 2 heterocycles. The molecular formula is C9H8ClN3O2. The van der Waals surface area contributed by atoms with E-state index in [1.807, 2.05) is 0 Å². The van der Waals surface area contributed by atoms with Crippen molar-refractivity contribution in [3.05, 3.63) is 29.0 Å². The van der Waals surface area contributed by atoms with Crippen LogP contribution in [0.3, 0.4) is 0 Å². The van der Waals surface area contributed by atoms with Crippen LogP contribution in [-0.4, -0.2) is 20.5 Å². The Kier molecular flexibility index (Phi) is 2.24. The lowest BCUT2D eigenvalue weighted by Gasteiger charge is -1.96. The number of pyridine rings is 1. The highest BCUT2D eigenvalue weighted by molar-refractivity contribution is 6.33. The number of rotatable bonds is 2. The Balaban J connectivity index is 2.64. The number of carboxylic acid groups (broad SMARTS) is 1. The second-order valence-electron chi connectivity index (χ2n) is 3.06. The molecule has 0 saturated heterocycles. The van der Waals surface area contributed by atoms with Crippen molar-refractivity contribution in [3.63, 3.8) is 0 Å². The first-order valence-corrected chi connectivity index (χ1v) is 4.60. The fourth-order valence-electron chi connectivity index (χ4n) is 1.37. The van der Waals surface area contributed by atoms with Crippen LogP contribution >= 0.6 is 11.6 Å². The standard InChI is InChI=1S/C9H8ClN3O2/c10-5-2-1-3-13-8(11)6(4-7(14)15)12-9(5)13/h1-3H,4,11H2,(H,14,15). The third kappa shape index (κ3) is 1.61. The Bertz CT molecular complexity index is 535. The van der Waals surface area contributed by atoms with E-state index in [1.54, 1.807) is 22.7 Å². The number of hydrogen-bond donors (Lipinski definition) is 2. The van der Waals surface area contributed by atoms with E-state index in [4.69, 9.17) is 22.4 Å².